The number of pyridine rings is 1. The van der Waals surface area contributed by atoms with Crippen molar-refractivity contribution in [1.82, 2.24) is 9.88 Å². The van der Waals surface area contributed by atoms with Crippen molar-refractivity contribution in [3.05, 3.63) is 76.1 Å². The molecule has 2 aromatic carbocycles. The van der Waals surface area contributed by atoms with Gasteiger partial charge in [-0.1, -0.05) is 24.3 Å². The van der Waals surface area contributed by atoms with Crippen LogP contribution in [0.3, 0.4) is 0 Å². The Hall–Kier alpha value is -3.33. The van der Waals surface area contributed by atoms with Crippen LogP contribution in [0.2, 0.25) is 0 Å². The van der Waals surface area contributed by atoms with E-state index >= 15 is 0 Å². The van der Waals surface area contributed by atoms with E-state index in [0.717, 1.165) is 12.1 Å². The number of hydrogen-bond acceptors (Lipinski definition) is 4. The summed E-state index contributed by atoms with van der Waals surface area (Å²) < 4.78 is 44.8. The molecule has 0 bridgehead atoms. The van der Waals surface area contributed by atoms with Gasteiger partial charge in [-0.25, -0.2) is 0 Å². The second-order valence-electron chi connectivity index (χ2n) is 6.67. The monoisotopic (exact) mass is 420 g/mol. The molecule has 1 atom stereocenters. The van der Waals surface area contributed by atoms with E-state index in [-0.39, 0.29) is 30.0 Å². The van der Waals surface area contributed by atoms with Gasteiger partial charge in [-0.3, -0.25) is 9.59 Å². The van der Waals surface area contributed by atoms with Crippen LogP contribution in [0.1, 0.15) is 15.9 Å². The van der Waals surface area contributed by atoms with E-state index in [2.05, 4.69) is 5.32 Å². The van der Waals surface area contributed by atoms with Crippen molar-refractivity contribution in [1.29, 1.82) is 0 Å². The molecule has 3 aromatic rings. The summed E-state index contributed by atoms with van der Waals surface area (Å²) in [6.45, 7) is -0.528. The summed E-state index contributed by atoms with van der Waals surface area (Å²) in [7, 11) is 1.60. The van der Waals surface area contributed by atoms with Crippen LogP contribution >= 0.6 is 0 Å². The highest BCUT2D eigenvalue weighted by Gasteiger charge is 2.30. The third kappa shape index (κ3) is 4.80. The van der Waals surface area contributed by atoms with Crippen LogP contribution < -0.4 is 15.6 Å². The van der Waals surface area contributed by atoms with Crippen molar-refractivity contribution in [2.24, 2.45) is 7.05 Å². The highest BCUT2D eigenvalue weighted by molar-refractivity contribution is 6.06. The van der Waals surface area contributed by atoms with Crippen molar-refractivity contribution >= 4 is 16.8 Å². The number of aryl methyl sites for hydroxylation is 1. The van der Waals surface area contributed by atoms with Crippen LogP contribution in [0.4, 0.5) is 13.2 Å². The Bertz CT molecular complexity index is 1130. The van der Waals surface area contributed by atoms with Crippen molar-refractivity contribution in [3.8, 4) is 5.75 Å². The fourth-order valence-corrected chi connectivity index (χ4v) is 2.92. The molecule has 30 heavy (non-hydrogen) atoms. The zero-order valence-corrected chi connectivity index (χ0v) is 15.9. The number of carbonyl (C=O) groups excluding carboxylic acids is 1. The van der Waals surface area contributed by atoms with E-state index in [9.17, 15) is 27.9 Å². The number of para-hydroxylation sites is 1. The first-order chi connectivity index (χ1) is 14.2. The number of benzene rings is 2. The molecule has 0 fully saturated rings. The molecular weight excluding hydrogens is 401 g/mol. The molecule has 0 aliphatic heterocycles. The van der Waals surface area contributed by atoms with Crippen LogP contribution in [0.25, 0.3) is 10.9 Å². The molecule has 158 valence electrons. The first-order valence-corrected chi connectivity index (χ1v) is 9.02. The molecule has 1 heterocycles. The Morgan fingerprint density at radius 2 is 1.90 bits per heavy atom. The normalized spacial score (nSPS) is 12.6. The topological polar surface area (TPSA) is 80.6 Å². The Labute approximate surface area is 169 Å². The Morgan fingerprint density at radius 3 is 2.63 bits per heavy atom. The number of nitrogens with one attached hydrogen (secondary N) is 1. The predicted octanol–water partition coefficient (Wildman–Crippen LogP) is 2.73. The molecule has 0 radical (unpaired) electrons. The summed E-state index contributed by atoms with van der Waals surface area (Å²) >= 11 is 0. The first kappa shape index (κ1) is 21.4. The SMILES string of the molecule is Cn1c(=O)cc(C(=O)NCC(O)COc2cccc(C(F)(F)F)c2)c2ccccc21. The largest absolute Gasteiger partial charge is 0.491 e. The second-order valence-corrected chi connectivity index (χ2v) is 6.67. The maximum absolute atomic E-state index is 12.7. The molecule has 9 heteroatoms. The maximum atomic E-state index is 12.7. The van der Waals surface area contributed by atoms with E-state index in [1.165, 1.54) is 22.8 Å². The lowest BCUT2D eigenvalue weighted by Gasteiger charge is -2.15. The number of carbonyl (C=O) groups is 1. The quantitative estimate of drug-likeness (QED) is 0.643. The van der Waals surface area contributed by atoms with Crippen LogP contribution in [-0.2, 0) is 13.2 Å². The second kappa shape index (κ2) is 8.58. The fourth-order valence-electron chi connectivity index (χ4n) is 2.92. The Morgan fingerprint density at radius 1 is 1.17 bits per heavy atom. The lowest BCUT2D eigenvalue weighted by molar-refractivity contribution is -0.137. The van der Waals surface area contributed by atoms with Crippen LogP contribution in [-0.4, -0.2) is 34.8 Å². The minimum absolute atomic E-state index is 0.0484. The number of ether oxygens (including phenoxy) is 1. The zero-order chi connectivity index (χ0) is 21.9. The first-order valence-electron chi connectivity index (χ1n) is 9.02. The number of aliphatic hydroxyl groups excluding tert-OH is 1. The van der Waals surface area contributed by atoms with E-state index in [0.29, 0.717) is 10.9 Å². The highest BCUT2D eigenvalue weighted by Crippen LogP contribution is 2.31. The Balaban J connectivity index is 1.63. The summed E-state index contributed by atoms with van der Waals surface area (Å²) in [6, 6.07) is 12.4. The van der Waals surface area contributed by atoms with Gasteiger partial charge in [0.1, 0.15) is 18.5 Å². The highest BCUT2D eigenvalue weighted by atomic mass is 19.4. The summed E-state index contributed by atoms with van der Waals surface area (Å²) in [5, 5.41) is 13.1. The van der Waals surface area contributed by atoms with Crippen molar-refractivity contribution in [3.63, 3.8) is 0 Å². The third-order valence-electron chi connectivity index (χ3n) is 4.50. The number of fused-ring (bicyclic) bond motifs is 1. The van der Waals surface area contributed by atoms with Crippen LogP contribution in [0.5, 0.6) is 5.75 Å². The lowest BCUT2D eigenvalue weighted by Crippen LogP contribution is -2.36. The van der Waals surface area contributed by atoms with Gasteiger partial charge in [-0.2, -0.15) is 13.2 Å². The molecule has 1 unspecified atom stereocenters. The average molecular weight is 420 g/mol. The molecule has 0 saturated heterocycles. The molecule has 1 aromatic heterocycles. The van der Waals surface area contributed by atoms with Gasteiger partial charge in [0.15, 0.2) is 0 Å². The smallest absolute Gasteiger partial charge is 0.416 e. The van der Waals surface area contributed by atoms with Crippen LogP contribution in [0, 0.1) is 0 Å². The maximum Gasteiger partial charge on any atom is 0.416 e. The number of aromatic nitrogens is 1. The number of amides is 1. The van der Waals surface area contributed by atoms with Gasteiger partial charge in [0.2, 0.25) is 0 Å². The number of hydrogen-bond donors (Lipinski definition) is 2. The predicted molar refractivity (Wildman–Crippen MR) is 104 cm³/mol. The van der Waals surface area contributed by atoms with E-state index in [1.54, 1.807) is 31.3 Å². The summed E-state index contributed by atoms with van der Waals surface area (Å²) in [6.07, 6.45) is -5.66. The Kier molecular flexibility index (Phi) is 6.12. The molecule has 0 saturated carbocycles. The molecule has 2 N–H and O–H groups in total. The number of aliphatic hydroxyl groups is 1. The zero-order valence-electron chi connectivity index (χ0n) is 15.9. The number of halogens is 3. The fraction of sp³-hybridized carbons (Fsp3) is 0.238. The van der Waals surface area contributed by atoms with Crippen LogP contribution in [0.15, 0.2) is 59.4 Å². The van der Waals surface area contributed by atoms with Gasteiger partial charge in [0.25, 0.3) is 11.5 Å². The van der Waals surface area contributed by atoms with Gasteiger partial charge < -0.3 is 19.7 Å². The van der Waals surface area contributed by atoms with Gasteiger partial charge in [-0.15, -0.1) is 0 Å². The average Bonchev–Trinajstić information content (AvgIpc) is 2.72. The lowest BCUT2D eigenvalue weighted by atomic mass is 10.1. The number of alkyl halides is 3. The molecule has 1 amide bonds. The minimum Gasteiger partial charge on any atom is -0.491 e. The van der Waals surface area contributed by atoms with Gasteiger partial charge in [-0.05, 0) is 24.3 Å². The summed E-state index contributed by atoms with van der Waals surface area (Å²) in [4.78, 5) is 24.6. The van der Waals surface area contributed by atoms with Crippen molar-refractivity contribution in [2.75, 3.05) is 13.2 Å². The van der Waals surface area contributed by atoms with Crippen molar-refractivity contribution in [2.45, 2.75) is 12.3 Å². The van der Waals surface area contributed by atoms with Gasteiger partial charge >= 0.3 is 6.18 Å². The van der Waals surface area contributed by atoms with Gasteiger partial charge in [0.05, 0.1) is 16.6 Å². The third-order valence-corrected chi connectivity index (χ3v) is 4.50. The molecule has 0 spiro atoms. The van der Waals surface area contributed by atoms with E-state index in [4.69, 9.17) is 4.74 Å². The number of rotatable bonds is 6. The molecular formula is C21H19F3N2O4. The van der Waals surface area contributed by atoms with E-state index in [1.807, 2.05) is 0 Å². The molecule has 6 nitrogen and oxygen atoms in total. The molecule has 0 aliphatic carbocycles. The molecule has 3 rings (SSSR count). The standard InChI is InChI=1S/C21H19F3N2O4/c1-26-18-8-3-2-7-16(18)17(10-19(26)28)20(29)25-11-14(27)12-30-15-6-4-5-13(9-15)21(22,23)24/h2-10,14,27H,11-12H2,1H3,(H,25,29). The molecule has 0 aliphatic rings. The van der Waals surface area contributed by atoms with E-state index < -0.39 is 23.8 Å². The summed E-state index contributed by atoms with van der Waals surface area (Å²) in [5.74, 6) is -0.602. The number of nitrogens with zero attached hydrogens (tertiary/aromatic N) is 1. The summed E-state index contributed by atoms with van der Waals surface area (Å²) in [5.41, 5.74) is -0.462. The van der Waals surface area contributed by atoms with Gasteiger partial charge in [0, 0.05) is 25.0 Å². The minimum atomic E-state index is -4.50. The van der Waals surface area contributed by atoms with Crippen molar-refractivity contribution < 1.29 is 27.8 Å².